The molecule has 2 aliphatic rings. The lowest BCUT2D eigenvalue weighted by Gasteiger charge is -2.47. The standard InChI is InChI=1S/C31H38F6N4O2/c1-19-14-25(32)6-7-27(19)28-18-26(40-12-10-39(11-13-40)21(3)42)8-9-41(28)29(43)38(5)20(2)22-15-23(30(4,33)34)17-24(16-22)31(35,36)37/h6-7,14-17,20,26,28H,8-13,18H2,1-5H3/t20-,26+,28-/m1/s1/i10D2,11D2,12D2,13D2. The number of benzene rings is 2. The first-order chi connectivity index (χ1) is 23.0. The monoisotopic (exact) mass is 620 g/mol. The van der Waals surface area contributed by atoms with Gasteiger partial charge in [0.1, 0.15) is 5.82 Å². The van der Waals surface area contributed by atoms with Crippen LogP contribution in [0.3, 0.4) is 0 Å². The number of alkyl halides is 5. The van der Waals surface area contributed by atoms with Crippen LogP contribution in [-0.4, -0.2) is 77.2 Å². The number of piperazine rings is 1. The van der Waals surface area contributed by atoms with E-state index in [0.29, 0.717) is 35.1 Å². The Labute approximate surface area is 259 Å². The van der Waals surface area contributed by atoms with E-state index in [1.807, 2.05) is 0 Å². The van der Waals surface area contributed by atoms with Gasteiger partial charge in [-0.15, -0.1) is 0 Å². The van der Waals surface area contributed by atoms with Crippen molar-refractivity contribution in [3.63, 3.8) is 0 Å². The van der Waals surface area contributed by atoms with Crippen molar-refractivity contribution >= 4 is 11.9 Å². The first-order valence-corrected chi connectivity index (χ1v) is 13.5. The Bertz CT molecular complexity index is 1630. The van der Waals surface area contributed by atoms with Crippen LogP contribution >= 0.6 is 0 Å². The Morgan fingerprint density at radius 2 is 1.65 bits per heavy atom. The summed E-state index contributed by atoms with van der Waals surface area (Å²) < 4.78 is 153. The number of aryl methyl sites for hydroxylation is 1. The van der Waals surface area contributed by atoms with Crippen molar-refractivity contribution in [2.75, 3.05) is 39.6 Å². The molecule has 0 unspecified atom stereocenters. The zero-order chi connectivity index (χ0) is 39.0. The molecule has 43 heavy (non-hydrogen) atoms. The van der Waals surface area contributed by atoms with Gasteiger partial charge in [-0.2, -0.15) is 13.2 Å². The number of piperidine rings is 1. The lowest BCUT2D eigenvalue weighted by molar-refractivity contribution is -0.138. The minimum Gasteiger partial charge on any atom is -0.340 e. The molecule has 3 atom stereocenters. The molecule has 0 N–H and O–H groups in total. The Balaban J connectivity index is 1.78. The van der Waals surface area contributed by atoms with Gasteiger partial charge in [0.2, 0.25) is 5.91 Å². The van der Waals surface area contributed by atoms with E-state index in [2.05, 4.69) is 0 Å². The molecule has 2 aromatic rings. The molecule has 2 fully saturated rings. The SMILES string of the molecule is [2H]C1([2H])N(C(C)=O)C([2H])([2H])C([2H])([2H])N([C@H]2CCN(C(=O)N(C)[C@H](C)c3cc(C(C)(F)F)cc(C(F)(F)F)c3)[C@@H](c3ccc(F)cc3C)C2)C1([2H])[2H]. The van der Waals surface area contributed by atoms with Crippen molar-refractivity contribution in [3.8, 4) is 0 Å². The number of hydrogen-bond donors (Lipinski definition) is 0. The molecule has 0 aliphatic carbocycles. The summed E-state index contributed by atoms with van der Waals surface area (Å²) in [5.74, 6) is -5.55. The number of halogens is 6. The largest absolute Gasteiger partial charge is 0.416 e. The Kier molecular flexibility index (Phi) is 6.66. The first-order valence-electron chi connectivity index (χ1n) is 17.5. The quantitative estimate of drug-likeness (QED) is 0.348. The van der Waals surface area contributed by atoms with E-state index in [1.54, 1.807) is 0 Å². The molecule has 0 saturated carbocycles. The summed E-state index contributed by atoms with van der Waals surface area (Å²) in [4.78, 5) is 29.1. The topological polar surface area (TPSA) is 47.1 Å². The van der Waals surface area contributed by atoms with Gasteiger partial charge < -0.3 is 14.7 Å². The molecule has 0 spiro atoms. The maximum absolute atomic E-state index is 14.3. The number of amides is 3. The van der Waals surface area contributed by atoms with Gasteiger partial charge in [0, 0.05) is 70.5 Å². The Morgan fingerprint density at radius 3 is 2.21 bits per heavy atom. The van der Waals surface area contributed by atoms with Crippen LogP contribution < -0.4 is 0 Å². The summed E-state index contributed by atoms with van der Waals surface area (Å²) in [6.45, 7) is -9.71. The third-order valence-corrected chi connectivity index (χ3v) is 7.81. The van der Waals surface area contributed by atoms with E-state index in [1.165, 1.54) is 31.9 Å². The molecule has 2 heterocycles. The van der Waals surface area contributed by atoms with Gasteiger partial charge in [-0.3, -0.25) is 9.69 Å². The van der Waals surface area contributed by atoms with Crippen LogP contribution in [-0.2, 0) is 16.9 Å². The highest BCUT2D eigenvalue weighted by molar-refractivity contribution is 5.76. The van der Waals surface area contributed by atoms with Crippen molar-refractivity contribution in [2.24, 2.45) is 0 Å². The summed E-state index contributed by atoms with van der Waals surface area (Å²) in [6, 6.07) is 0.918. The highest BCUT2D eigenvalue weighted by atomic mass is 19.4. The number of carbonyl (C=O) groups excluding carboxylic acids is 2. The van der Waals surface area contributed by atoms with E-state index in [4.69, 9.17) is 11.0 Å². The van der Waals surface area contributed by atoms with E-state index >= 15 is 0 Å². The first kappa shape index (κ1) is 23.1. The zero-order valence-electron chi connectivity index (χ0n) is 32.2. The second-order valence-electron chi connectivity index (χ2n) is 10.9. The normalized spacial score (nSPS) is 28.5. The fourth-order valence-corrected chi connectivity index (χ4v) is 5.22. The lowest BCUT2D eigenvalue weighted by Crippen LogP contribution is -2.56. The molecule has 12 heteroatoms. The summed E-state index contributed by atoms with van der Waals surface area (Å²) in [5.41, 5.74) is -1.92. The average Bonchev–Trinajstić information content (AvgIpc) is 2.97. The van der Waals surface area contributed by atoms with E-state index in [9.17, 15) is 35.9 Å². The molecule has 2 aliphatic heterocycles. The molecule has 4 rings (SSSR count). The Hall–Kier alpha value is -3.28. The minimum atomic E-state index is -4.98. The molecule has 2 aromatic carbocycles. The van der Waals surface area contributed by atoms with Gasteiger partial charge in [-0.1, -0.05) is 6.07 Å². The van der Waals surface area contributed by atoms with Crippen LogP contribution in [0.5, 0.6) is 0 Å². The predicted octanol–water partition coefficient (Wildman–Crippen LogP) is 6.75. The molecule has 6 nitrogen and oxygen atoms in total. The van der Waals surface area contributed by atoms with Gasteiger partial charge in [-0.25, -0.2) is 18.0 Å². The number of urea groups is 1. The third kappa shape index (κ3) is 7.27. The van der Waals surface area contributed by atoms with Gasteiger partial charge in [0.15, 0.2) is 0 Å². The maximum Gasteiger partial charge on any atom is 0.416 e. The fourth-order valence-electron chi connectivity index (χ4n) is 5.22. The molecule has 0 radical (unpaired) electrons. The van der Waals surface area contributed by atoms with Gasteiger partial charge >= 0.3 is 12.2 Å². The number of rotatable bonds is 5. The molecule has 236 valence electrons. The van der Waals surface area contributed by atoms with E-state index < -0.39 is 85.1 Å². The average molecular weight is 621 g/mol. The summed E-state index contributed by atoms with van der Waals surface area (Å²) in [6.07, 6.45) is -5.62. The van der Waals surface area contributed by atoms with Crippen molar-refractivity contribution in [2.45, 2.75) is 70.8 Å². The molecular weight excluding hydrogens is 574 g/mol. The van der Waals surface area contributed by atoms with Gasteiger partial charge in [0.25, 0.3) is 5.92 Å². The highest BCUT2D eigenvalue weighted by Gasteiger charge is 2.40. The number of likely N-dealkylation sites (tertiary alicyclic amines) is 1. The number of nitrogens with zero attached hydrogens (tertiary/aromatic N) is 4. The smallest absolute Gasteiger partial charge is 0.340 e. The van der Waals surface area contributed by atoms with Crippen LogP contribution in [0.1, 0.15) is 84.5 Å². The maximum atomic E-state index is 14.3. The van der Waals surface area contributed by atoms with Crippen molar-refractivity contribution < 1.29 is 46.9 Å². The highest BCUT2D eigenvalue weighted by Crippen LogP contribution is 2.39. The number of carbonyl (C=O) groups is 2. The molecule has 2 saturated heterocycles. The van der Waals surface area contributed by atoms with E-state index in [-0.39, 0.29) is 29.8 Å². The van der Waals surface area contributed by atoms with Gasteiger partial charge in [-0.05, 0) is 73.7 Å². The fraction of sp³-hybridized carbons (Fsp3) is 0.548. The zero-order valence-corrected chi connectivity index (χ0v) is 24.2. The van der Waals surface area contributed by atoms with Crippen LogP contribution in [0.4, 0.5) is 31.1 Å². The molecular formula is C31H38F6N4O2. The molecule has 3 amide bonds. The molecule has 0 bridgehead atoms. The third-order valence-electron chi connectivity index (χ3n) is 7.81. The second-order valence-corrected chi connectivity index (χ2v) is 10.9. The second kappa shape index (κ2) is 12.4. The van der Waals surface area contributed by atoms with Gasteiger partial charge in [0.05, 0.1) is 23.1 Å². The summed E-state index contributed by atoms with van der Waals surface area (Å²) >= 11 is 0. The van der Waals surface area contributed by atoms with Crippen LogP contribution in [0, 0.1) is 12.7 Å². The van der Waals surface area contributed by atoms with E-state index in [0.717, 1.165) is 30.0 Å². The Morgan fingerprint density at radius 1 is 1.02 bits per heavy atom. The van der Waals surface area contributed by atoms with Crippen LogP contribution in [0.2, 0.25) is 0 Å². The van der Waals surface area contributed by atoms with Crippen molar-refractivity contribution in [1.82, 2.24) is 19.6 Å². The minimum absolute atomic E-state index is 0.110. The predicted molar refractivity (Wildman–Crippen MR) is 150 cm³/mol. The van der Waals surface area contributed by atoms with Crippen molar-refractivity contribution in [1.29, 1.82) is 0 Å². The molecule has 0 aromatic heterocycles. The summed E-state index contributed by atoms with van der Waals surface area (Å²) in [5, 5.41) is 0. The van der Waals surface area contributed by atoms with Crippen molar-refractivity contribution in [3.05, 3.63) is 70.0 Å². The summed E-state index contributed by atoms with van der Waals surface area (Å²) in [7, 11) is 1.24. The lowest BCUT2D eigenvalue weighted by atomic mass is 9.88. The van der Waals surface area contributed by atoms with Crippen LogP contribution in [0.15, 0.2) is 36.4 Å². The number of hydrogen-bond acceptors (Lipinski definition) is 3. The van der Waals surface area contributed by atoms with Crippen LogP contribution in [0.25, 0.3) is 0 Å².